The van der Waals surface area contributed by atoms with Crippen molar-refractivity contribution in [1.29, 1.82) is 0 Å². The number of nitrogens with zero attached hydrogens (tertiary/aromatic N) is 1. The molecule has 0 saturated carbocycles. The third-order valence-corrected chi connectivity index (χ3v) is 3.62. The normalized spacial score (nSPS) is 11.9. The molecule has 0 N–H and O–H groups in total. The lowest BCUT2D eigenvalue weighted by molar-refractivity contribution is -0.142. The van der Waals surface area contributed by atoms with E-state index in [0.717, 1.165) is 4.57 Å². The van der Waals surface area contributed by atoms with Gasteiger partial charge in [0.25, 0.3) is 0 Å². The van der Waals surface area contributed by atoms with Gasteiger partial charge in [-0.05, 0) is 23.8 Å². The van der Waals surface area contributed by atoms with Crippen molar-refractivity contribution >= 4 is 39.1 Å². The molecule has 0 radical (unpaired) electrons. The van der Waals surface area contributed by atoms with E-state index in [2.05, 4.69) is 15.9 Å². The van der Waals surface area contributed by atoms with Gasteiger partial charge in [0.05, 0.1) is 16.2 Å². The Bertz CT molecular complexity index is 590. The van der Waals surface area contributed by atoms with Gasteiger partial charge in [-0.15, -0.1) is 0 Å². The summed E-state index contributed by atoms with van der Waals surface area (Å²) in [5.41, 5.74) is 0.120. The highest BCUT2D eigenvalue weighted by molar-refractivity contribution is 9.08. The van der Waals surface area contributed by atoms with Gasteiger partial charge in [-0.3, -0.25) is 0 Å². The van der Waals surface area contributed by atoms with Gasteiger partial charge in [0.15, 0.2) is 0 Å². The highest BCUT2D eigenvalue weighted by Crippen LogP contribution is 2.40. The zero-order valence-electron chi connectivity index (χ0n) is 9.31. The van der Waals surface area contributed by atoms with Crippen molar-refractivity contribution in [3.63, 3.8) is 0 Å². The van der Waals surface area contributed by atoms with Crippen LogP contribution in [-0.2, 0) is 11.6 Å². The molecule has 19 heavy (non-hydrogen) atoms. The molecule has 0 unspecified atom stereocenters. The van der Waals surface area contributed by atoms with Crippen molar-refractivity contribution in [3.8, 4) is 11.3 Å². The largest absolute Gasteiger partial charge is 0.432 e. The van der Waals surface area contributed by atoms with E-state index in [1.807, 2.05) is 0 Å². The fraction of sp³-hybridized carbons (Fsp3) is 0.167. The van der Waals surface area contributed by atoms with E-state index < -0.39 is 11.9 Å². The van der Waals surface area contributed by atoms with E-state index in [0.29, 0.717) is 16.3 Å². The molecule has 2 rings (SSSR count). The van der Waals surface area contributed by atoms with Crippen LogP contribution < -0.4 is 0 Å². The second kappa shape index (κ2) is 5.38. The molecule has 0 bridgehead atoms. The van der Waals surface area contributed by atoms with Gasteiger partial charge in [0.2, 0.25) is 0 Å². The summed E-state index contributed by atoms with van der Waals surface area (Å²) < 4.78 is 39.9. The molecule has 0 aliphatic carbocycles. The summed E-state index contributed by atoms with van der Waals surface area (Å²) in [5, 5.41) is 0.194. The minimum atomic E-state index is -4.50. The molecule has 0 spiro atoms. The van der Waals surface area contributed by atoms with E-state index in [-0.39, 0.29) is 10.5 Å². The Morgan fingerprint density at radius 2 is 1.68 bits per heavy atom. The molecule has 1 aromatic carbocycles. The van der Waals surface area contributed by atoms with Gasteiger partial charge in [-0.25, -0.2) is 0 Å². The number of hydrogen-bond donors (Lipinski definition) is 0. The summed E-state index contributed by atoms with van der Waals surface area (Å²) >= 11 is 14.5. The van der Waals surface area contributed by atoms with Crippen LogP contribution in [0.15, 0.2) is 30.3 Å². The van der Waals surface area contributed by atoms with Crippen LogP contribution in [0.1, 0.15) is 5.69 Å². The Labute approximate surface area is 126 Å². The van der Waals surface area contributed by atoms with Crippen molar-refractivity contribution in [2.45, 2.75) is 11.6 Å². The van der Waals surface area contributed by atoms with Crippen LogP contribution in [0, 0.1) is 0 Å². The number of hydrogen-bond acceptors (Lipinski definition) is 0. The molecule has 2 aromatic rings. The van der Waals surface area contributed by atoms with E-state index >= 15 is 0 Å². The molecule has 7 heteroatoms. The van der Waals surface area contributed by atoms with E-state index in [1.54, 1.807) is 24.3 Å². The average molecular weight is 373 g/mol. The van der Waals surface area contributed by atoms with Gasteiger partial charge < -0.3 is 4.57 Å². The van der Waals surface area contributed by atoms with Crippen LogP contribution in [-0.4, -0.2) is 4.57 Å². The maximum absolute atomic E-state index is 12.9. The van der Waals surface area contributed by atoms with Crippen molar-refractivity contribution in [3.05, 3.63) is 46.1 Å². The Balaban J connectivity index is 2.62. The summed E-state index contributed by atoms with van der Waals surface area (Å²) in [4.78, 5) is 0. The second-order valence-corrected chi connectivity index (χ2v) is 5.12. The fourth-order valence-electron chi connectivity index (χ4n) is 1.79. The van der Waals surface area contributed by atoms with Crippen molar-refractivity contribution < 1.29 is 13.2 Å². The predicted octanol–water partition coefficient (Wildman–Crippen LogP) is 5.83. The molecule has 0 saturated heterocycles. The van der Waals surface area contributed by atoms with Crippen LogP contribution in [0.5, 0.6) is 0 Å². The Morgan fingerprint density at radius 3 is 2.16 bits per heavy atom. The van der Waals surface area contributed by atoms with Crippen molar-refractivity contribution in [1.82, 2.24) is 4.57 Å². The lowest BCUT2D eigenvalue weighted by Crippen LogP contribution is -2.13. The lowest BCUT2D eigenvalue weighted by atomic mass is 10.1. The Kier molecular flexibility index (Phi) is 4.18. The molecule has 1 nitrogen and oxygen atoms in total. The first-order valence-electron chi connectivity index (χ1n) is 5.12. The third kappa shape index (κ3) is 2.93. The number of rotatable bonds is 2. The molecule has 0 amide bonds. The number of alkyl halides is 4. The maximum atomic E-state index is 12.9. The first-order valence-corrected chi connectivity index (χ1v) is 7.00. The molecule has 0 aliphatic rings. The Morgan fingerprint density at radius 1 is 1.11 bits per heavy atom. The van der Waals surface area contributed by atoms with Crippen LogP contribution in [0.3, 0.4) is 0 Å². The van der Waals surface area contributed by atoms with Crippen LogP contribution in [0.25, 0.3) is 11.3 Å². The molecule has 102 valence electrons. The molecule has 0 fully saturated rings. The first-order chi connectivity index (χ1) is 8.84. The minimum Gasteiger partial charge on any atom is -0.325 e. The smallest absolute Gasteiger partial charge is 0.325 e. The molecular formula is C12H7BrCl2F3N. The molecule has 0 aliphatic heterocycles. The van der Waals surface area contributed by atoms with E-state index in [1.165, 1.54) is 6.07 Å². The standard InChI is InChI=1S/C12H7BrCl2F3N/c13-6-19-10(7-1-3-8(14)4-2-7)5-9(15)11(19)12(16,17)18/h1-5H,6H2. The summed E-state index contributed by atoms with van der Waals surface area (Å²) in [7, 11) is 0. The molecule has 0 atom stereocenters. The van der Waals surface area contributed by atoms with Crippen LogP contribution in [0.2, 0.25) is 10.0 Å². The zero-order valence-corrected chi connectivity index (χ0v) is 12.4. The molecule has 1 aromatic heterocycles. The SMILES string of the molecule is FC(F)(F)c1c(Cl)cc(-c2ccc(Cl)cc2)n1CBr. The quantitative estimate of drug-likeness (QED) is 0.584. The Hall–Kier alpha value is -0.650. The van der Waals surface area contributed by atoms with Gasteiger partial charge >= 0.3 is 6.18 Å². The minimum absolute atomic E-state index is 0.00742. The summed E-state index contributed by atoms with van der Waals surface area (Å²) in [6, 6.07) is 7.82. The van der Waals surface area contributed by atoms with Crippen LogP contribution in [0.4, 0.5) is 13.2 Å². The van der Waals surface area contributed by atoms with Gasteiger partial charge in [-0.2, -0.15) is 13.2 Å². The van der Waals surface area contributed by atoms with Crippen molar-refractivity contribution in [2.24, 2.45) is 0 Å². The van der Waals surface area contributed by atoms with Gasteiger partial charge in [-0.1, -0.05) is 51.3 Å². The van der Waals surface area contributed by atoms with Crippen LogP contribution >= 0.6 is 39.1 Å². The van der Waals surface area contributed by atoms with E-state index in [4.69, 9.17) is 23.2 Å². The topological polar surface area (TPSA) is 4.93 Å². The van der Waals surface area contributed by atoms with Gasteiger partial charge in [0.1, 0.15) is 5.69 Å². The zero-order chi connectivity index (χ0) is 14.2. The highest BCUT2D eigenvalue weighted by atomic mass is 79.9. The maximum Gasteiger partial charge on any atom is 0.432 e. The number of aromatic nitrogens is 1. The molecule has 1 heterocycles. The highest BCUT2D eigenvalue weighted by Gasteiger charge is 2.38. The summed E-state index contributed by atoms with van der Waals surface area (Å²) in [5.74, 6) is 0. The lowest BCUT2D eigenvalue weighted by Gasteiger charge is -2.13. The number of benzene rings is 1. The van der Waals surface area contributed by atoms with E-state index in [9.17, 15) is 13.2 Å². The second-order valence-electron chi connectivity index (χ2n) is 3.78. The summed E-state index contributed by atoms with van der Waals surface area (Å²) in [6.45, 7) is 0. The van der Waals surface area contributed by atoms with Crippen molar-refractivity contribution in [2.75, 3.05) is 0 Å². The summed E-state index contributed by atoms with van der Waals surface area (Å²) in [6.07, 6.45) is -4.50. The average Bonchev–Trinajstić information content (AvgIpc) is 2.66. The van der Waals surface area contributed by atoms with Gasteiger partial charge in [0, 0.05) is 5.02 Å². The third-order valence-electron chi connectivity index (χ3n) is 2.58. The first kappa shape index (κ1) is 14.8. The fourth-order valence-corrected chi connectivity index (χ4v) is 2.75. The molecular weight excluding hydrogens is 366 g/mol. The number of halogens is 6. The monoisotopic (exact) mass is 371 g/mol. The predicted molar refractivity (Wildman–Crippen MR) is 73.8 cm³/mol.